The number of thioether (sulfide) groups is 1. The van der Waals surface area contributed by atoms with E-state index in [0.717, 1.165) is 16.0 Å². The third-order valence-corrected chi connectivity index (χ3v) is 3.85. The van der Waals surface area contributed by atoms with Crippen LogP contribution >= 0.6 is 11.8 Å². The standard InChI is InChI=1S/C17H16O3S/c1-2-20-17(19)16(18)12-21-15-10-8-14(9-11-15)13-6-4-3-5-7-13/h3-11H,2,12H2,1H3. The van der Waals surface area contributed by atoms with E-state index in [0.29, 0.717) is 0 Å². The van der Waals surface area contributed by atoms with Gasteiger partial charge in [-0.1, -0.05) is 42.5 Å². The lowest BCUT2D eigenvalue weighted by atomic mass is 10.1. The normalized spacial score (nSPS) is 10.1. The van der Waals surface area contributed by atoms with E-state index >= 15 is 0 Å². The van der Waals surface area contributed by atoms with Crippen LogP contribution in [0, 0.1) is 0 Å². The van der Waals surface area contributed by atoms with Crippen LogP contribution in [0.4, 0.5) is 0 Å². The van der Waals surface area contributed by atoms with Crippen molar-refractivity contribution < 1.29 is 14.3 Å². The highest BCUT2D eigenvalue weighted by atomic mass is 32.2. The van der Waals surface area contributed by atoms with E-state index in [9.17, 15) is 9.59 Å². The first-order valence-corrected chi connectivity index (χ1v) is 7.67. The minimum atomic E-state index is -0.758. The maximum Gasteiger partial charge on any atom is 0.375 e. The number of esters is 1. The van der Waals surface area contributed by atoms with Gasteiger partial charge in [0.1, 0.15) is 0 Å². The Hall–Kier alpha value is -2.07. The van der Waals surface area contributed by atoms with Crippen LogP contribution in [0.5, 0.6) is 0 Å². The summed E-state index contributed by atoms with van der Waals surface area (Å²) in [6.45, 7) is 1.90. The Labute approximate surface area is 128 Å². The van der Waals surface area contributed by atoms with Crippen molar-refractivity contribution in [2.75, 3.05) is 12.4 Å². The van der Waals surface area contributed by atoms with Crippen molar-refractivity contribution in [1.82, 2.24) is 0 Å². The first-order valence-electron chi connectivity index (χ1n) is 6.69. The van der Waals surface area contributed by atoms with Crippen molar-refractivity contribution in [2.45, 2.75) is 11.8 Å². The number of hydrogen-bond donors (Lipinski definition) is 0. The molecule has 0 aliphatic carbocycles. The summed E-state index contributed by atoms with van der Waals surface area (Å²) in [7, 11) is 0. The van der Waals surface area contributed by atoms with Crippen molar-refractivity contribution in [3.63, 3.8) is 0 Å². The summed E-state index contributed by atoms with van der Waals surface area (Å²) >= 11 is 1.34. The Morgan fingerprint density at radius 3 is 2.19 bits per heavy atom. The summed E-state index contributed by atoms with van der Waals surface area (Å²) in [6.07, 6.45) is 0. The second kappa shape index (κ2) is 7.64. The highest BCUT2D eigenvalue weighted by molar-refractivity contribution is 8.00. The van der Waals surface area contributed by atoms with Gasteiger partial charge in [0.2, 0.25) is 5.78 Å². The molecule has 0 N–H and O–H groups in total. The molecule has 21 heavy (non-hydrogen) atoms. The van der Waals surface area contributed by atoms with E-state index in [1.807, 2.05) is 54.6 Å². The van der Waals surface area contributed by atoms with Crippen LogP contribution in [0.2, 0.25) is 0 Å². The number of carbonyl (C=O) groups excluding carboxylic acids is 2. The predicted octanol–water partition coefficient (Wildman–Crippen LogP) is 3.58. The van der Waals surface area contributed by atoms with Gasteiger partial charge in [0, 0.05) is 4.90 Å². The first kappa shape index (κ1) is 15.3. The molecule has 0 saturated heterocycles. The molecule has 2 aromatic rings. The van der Waals surface area contributed by atoms with Gasteiger partial charge < -0.3 is 4.74 Å². The largest absolute Gasteiger partial charge is 0.460 e. The van der Waals surface area contributed by atoms with Crippen LogP contribution in [0.15, 0.2) is 59.5 Å². The van der Waals surface area contributed by atoms with Crippen LogP contribution in [0.1, 0.15) is 6.92 Å². The average Bonchev–Trinajstić information content (AvgIpc) is 2.54. The van der Waals surface area contributed by atoms with E-state index in [1.54, 1.807) is 6.92 Å². The molecule has 2 rings (SSSR count). The van der Waals surface area contributed by atoms with Gasteiger partial charge in [0.25, 0.3) is 0 Å². The van der Waals surface area contributed by atoms with Gasteiger partial charge in [-0.2, -0.15) is 0 Å². The van der Waals surface area contributed by atoms with Gasteiger partial charge in [-0.15, -0.1) is 11.8 Å². The van der Waals surface area contributed by atoms with Crippen LogP contribution in [0.3, 0.4) is 0 Å². The molecule has 0 saturated carbocycles. The first-order chi connectivity index (χ1) is 10.2. The molecule has 108 valence electrons. The summed E-state index contributed by atoms with van der Waals surface area (Å²) < 4.78 is 4.67. The number of hydrogen-bond acceptors (Lipinski definition) is 4. The van der Waals surface area contributed by atoms with Gasteiger partial charge in [-0.25, -0.2) is 4.79 Å². The second-order valence-corrected chi connectivity index (χ2v) is 5.37. The Morgan fingerprint density at radius 2 is 1.57 bits per heavy atom. The van der Waals surface area contributed by atoms with Gasteiger partial charge in [0.05, 0.1) is 12.4 Å². The lowest BCUT2D eigenvalue weighted by Gasteiger charge is -2.04. The molecule has 0 aromatic heterocycles. The molecule has 4 heteroatoms. The summed E-state index contributed by atoms with van der Waals surface area (Å²) in [5, 5.41) is 0. The average molecular weight is 300 g/mol. The molecule has 0 bridgehead atoms. The van der Waals surface area contributed by atoms with Crippen molar-refractivity contribution in [3.05, 3.63) is 54.6 Å². The topological polar surface area (TPSA) is 43.4 Å². The van der Waals surface area contributed by atoms with Gasteiger partial charge >= 0.3 is 5.97 Å². The zero-order valence-electron chi connectivity index (χ0n) is 11.7. The number of carbonyl (C=O) groups is 2. The number of Topliss-reactive ketones (excluding diaryl/α,β-unsaturated/α-hetero) is 1. The van der Waals surface area contributed by atoms with Gasteiger partial charge in [-0.05, 0) is 30.2 Å². The monoisotopic (exact) mass is 300 g/mol. The molecule has 2 aromatic carbocycles. The molecule has 0 heterocycles. The summed E-state index contributed by atoms with van der Waals surface area (Å²) in [4.78, 5) is 23.7. The number of rotatable bonds is 6. The molecule has 3 nitrogen and oxygen atoms in total. The molecule has 0 radical (unpaired) electrons. The highest BCUT2D eigenvalue weighted by Gasteiger charge is 2.14. The van der Waals surface area contributed by atoms with Gasteiger partial charge in [-0.3, -0.25) is 4.79 Å². The number of ketones is 1. The Balaban J connectivity index is 1.94. The molecule has 0 atom stereocenters. The Morgan fingerprint density at radius 1 is 0.952 bits per heavy atom. The maximum atomic E-state index is 11.5. The maximum absolute atomic E-state index is 11.5. The summed E-state index contributed by atoms with van der Waals surface area (Å²) in [5.74, 6) is -1.16. The van der Waals surface area contributed by atoms with Crippen molar-refractivity contribution in [2.24, 2.45) is 0 Å². The number of benzene rings is 2. The lowest BCUT2D eigenvalue weighted by molar-refractivity contribution is -0.152. The minimum Gasteiger partial charge on any atom is -0.460 e. The van der Waals surface area contributed by atoms with E-state index in [1.165, 1.54) is 11.8 Å². The third kappa shape index (κ3) is 4.46. The molecule has 0 spiro atoms. The number of ether oxygens (including phenoxy) is 1. The quantitative estimate of drug-likeness (QED) is 0.464. The van der Waals surface area contributed by atoms with Crippen molar-refractivity contribution in [1.29, 1.82) is 0 Å². The predicted molar refractivity (Wildman–Crippen MR) is 84.2 cm³/mol. The summed E-state index contributed by atoms with van der Waals surface area (Å²) in [6, 6.07) is 18.0. The molecule has 0 amide bonds. The molecular formula is C17H16O3S. The molecule has 0 unspecified atom stereocenters. The fraction of sp³-hybridized carbons (Fsp3) is 0.176. The van der Waals surface area contributed by atoms with Crippen molar-refractivity contribution in [3.8, 4) is 11.1 Å². The van der Waals surface area contributed by atoms with Crippen LogP contribution in [-0.2, 0) is 14.3 Å². The third-order valence-electron chi connectivity index (χ3n) is 2.83. The fourth-order valence-corrected chi connectivity index (χ4v) is 2.54. The van der Waals surface area contributed by atoms with E-state index in [2.05, 4.69) is 4.74 Å². The van der Waals surface area contributed by atoms with Crippen LogP contribution in [0.25, 0.3) is 11.1 Å². The van der Waals surface area contributed by atoms with Crippen LogP contribution < -0.4 is 0 Å². The molecule has 0 aliphatic heterocycles. The molecule has 0 fully saturated rings. The smallest absolute Gasteiger partial charge is 0.375 e. The second-order valence-electron chi connectivity index (χ2n) is 4.32. The van der Waals surface area contributed by atoms with Crippen LogP contribution in [-0.4, -0.2) is 24.1 Å². The van der Waals surface area contributed by atoms with E-state index < -0.39 is 11.8 Å². The Bertz CT molecular complexity index is 606. The fourth-order valence-electron chi connectivity index (χ4n) is 1.79. The van der Waals surface area contributed by atoms with Crippen molar-refractivity contribution >= 4 is 23.5 Å². The molecular weight excluding hydrogens is 284 g/mol. The minimum absolute atomic E-state index is 0.101. The Kier molecular flexibility index (Phi) is 5.58. The lowest BCUT2D eigenvalue weighted by Crippen LogP contribution is -2.19. The zero-order valence-corrected chi connectivity index (χ0v) is 12.6. The zero-order chi connectivity index (χ0) is 15.1. The SMILES string of the molecule is CCOC(=O)C(=O)CSc1ccc(-c2ccccc2)cc1. The highest BCUT2D eigenvalue weighted by Crippen LogP contribution is 2.24. The van der Waals surface area contributed by atoms with E-state index in [4.69, 9.17) is 0 Å². The van der Waals surface area contributed by atoms with E-state index in [-0.39, 0.29) is 12.4 Å². The molecule has 0 aliphatic rings. The van der Waals surface area contributed by atoms with Gasteiger partial charge in [0.15, 0.2) is 0 Å². The summed E-state index contributed by atoms with van der Waals surface area (Å²) in [5.41, 5.74) is 2.27.